The van der Waals surface area contributed by atoms with E-state index in [2.05, 4.69) is 0 Å². The average Bonchev–Trinajstić information content (AvgIpc) is 2.37. The summed E-state index contributed by atoms with van der Waals surface area (Å²) in [6, 6.07) is 6.86. The van der Waals surface area contributed by atoms with Gasteiger partial charge in [0.2, 0.25) is 0 Å². The lowest BCUT2D eigenvalue weighted by molar-refractivity contribution is -0.137. The number of anilines is 1. The van der Waals surface area contributed by atoms with Gasteiger partial charge in [-0.05, 0) is 32.0 Å². The van der Waals surface area contributed by atoms with Gasteiger partial charge in [-0.3, -0.25) is 0 Å². The zero-order valence-corrected chi connectivity index (χ0v) is 11.2. The molecule has 0 aromatic heterocycles. The van der Waals surface area contributed by atoms with Crippen molar-refractivity contribution in [2.24, 2.45) is 0 Å². The van der Waals surface area contributed by atoms with Gasteiger partial charge in [-0.1, -0.05) is 0 Å². The first-order chi connectivity index (χ1) is 9.31. The molecule has 0 radical (unpaired) electrons. The van der Waals surface area contributed by atoms with Crippen molar-refractivity contribution in [3.8, 4) is 12.1 Å². The molecule has 0 unspecified atom stereocenters. The number of nitriles is 2. The molecule has 0 aliphatic heterocycles. The van der Waals surface area contributed by atoms with E-state index in [0.29, 0.717) is 12.2 Å². The first-order valence-corrected chi connectivity index (χ1v) is 6.06. The second kappa shape index (κ2) is 6.29. The van der Waals surface area contributed by atoms with Crippen molar-refractivity contribution in [3.05, 3.63) is 29.3 Å². The van der Waals surface area contributed by atoms with Crippen LogP contribution in [0, 0.1) is 22.7 Å². The number of hydrogen-bond acceptors (Lipinski definition) is 3. The van der Waals surface area contributed by atoms with Crippen molar-refractivity contribution in [1.29, 1.82) is 10.5 Å². The van der Waals surface area contributed by atoms with Gasteiger partial charge < -0.3 is 4.90 Å². The molecule has 106 valence electrons. The summed E-state index contributed by atoms with van der Waals surface area (Å²) in [5, 5.41) is 17.7. The van der Waals surface area contributed by atoms with Gasteiger partial charge in [0.15, 0.2) is 0 Å². The quantitative estimate of drug-likeness (QED) is 0.845. The first-order valence-electron chi connectivity index (χ1n) is 6.06. The summed E-state index contributed by atoms with van der Waals surface area (Å²) in [5.74, 6) is 0. The van der Waals surface area contributed by atoms with E-state index in [1.165, 1.54) is 6.07 Å². The average molecular weight is 281 g/mol. The number of nitrogens with zero attached hydrogens (tertiary/aromatic N) is 3. The molecule has 0 bridgehead atoms. The van der Waals surface area contributed by atoms with Crippen LogP contribution in [0.4, 0.5) is 18.9 Å². The normalized spacial score (nSPS) is 11.0. The van der Waals surface area contributed by atoms with Crippen molar-refractivity contribution in [3.63, 3.8) is 0 Å². The van der Waals surface area contributed by atoms with E-state index < -0.39 is 11.7 Å². The molecular formula is C14H14F3N3. The highest BCUT2D eigenvalue weighted by Crippen LogP contribution is 2.33. The lowest BCUT2D eigenvalue weighted by atomic mass is 10.1. The summed E-state index contributed by atoms with van der Waals surface area (Å²) in [7, 11) is 0. The van der Waals surface area contributed by atoms with Gasteiger partial charge in [-0.15, -0.1) is 0 Å². The molecule has 20 heavy (non-hydrogen) atoms. The Morgan fingerprint density at radius 3 is 2.35 bits per heavy atom. The predicted octanol–water partition coefficient (Wildman–Crippen LogP) is 3.71. The van der Waals surface area contributed by atoms with Crippen molar-refractivity contribution < 1.29 is 13.2 Å². The van der Waals surface area contributed by atoms with Crippen molar-refractivity contribution in [1.82, 2.24) is 0 Å². The highest BCUT2D eigenvalue weighted by molar-refractivity contribution is 5.61. The Bertz CT molecular complexity index is 550. The van der Waals surface area contributed by atoms with Gasteiger partial charge >= 0.3 is 6.18 Å². The fourth-order valence-corrected chi connectivity index (χ4v) is 1.88. The van der Waals surface area contributed by atoms with E-state index >= 15 is 0 Å². The predicted molar refractivity (Wildman–Crippen MR) is 68.9 cm³/mol. The van der Waals surface area contributed by atoms with E-state index in [0.717, 1.165) is 12.1 Å². The molecule has 0 atom stereocenters. The minimum Gasteiger partial charge on any atom is -0.367 e. The van der Waals surface area contributed by atoms with Crippen LogP contribution in [0.25, 0.3) is 0 Å². The third kappa shape index (κ3) is 3.64. The third-order valence-electron chi connectivity index (χ3n) is 2.84. The molecule has 0 N–H and O–H groups in total. The van der Waals surface area contributed by atoms with Gasteiger partial charge in [0.25, 0.3) is 0 Å². The highest BCUT2D eigenvalue weighted by Gasteiger charge is 2.31. The van der Waals surface area contributed by atoms with Crippen molar-refractivity contribution in [2.45, 2.75) is 32.5 Å². The molecule has 0 heterocycles. The summed E-state index contributed by atoms with van der Waals surface area (Å²) >= 11 is 0. The number of halogens is 3. The minimum absolute atomic E-state index is 0.0211. The maximum atomic E-state index is 12.6. The Morgan fingerprint density at radius 2 is 1.90 bits per heavy atom. The maximum absolute atomic E-state index is 12.6. The van der Waals surface area contributed by atoms with Crippen LogP contribution < -0.4 is 4.90 Å². The van der Waals surface area contributed by atoms with Crippen molar-refractivity contribution in [2.75, 3.05) is 11.4 Å². The van der Waals surface area contributed by atoms with E-state index in [9.17, 15) is 13.2 Å². The van der Waals surface area contributed by atoms with Crippen LogP contribution >= 0.6 is 0 Å². The van der Waals surface area contributed by atoms with Crippen LogP contribution in [0.3, 0.4) is 0 Å². The van der Waals surface area contributed by atoms with Crippen LogP contribution in [-0.4, -0.2) is 12.6 Å². The lowest BCUT2D eigenvalue weighted by Crippen LogP contribution is -2.32. The van der Waals surface area contributed by atoms with Crippen LogP contribution in [0.2, 0.25) is 0 Å². The molecule has 0 aliphatic carbocycles. The van der Waals surface area contributed by atoms with E-state index in [1.54, 1.807) is 11.0 Å². The Balaban J connectivity index is 3.24. The molecule has 0 aliphatic rings. The van der Waals surface area contributed by atoms with Crippen LogP contribution in [0.1, 0.15) is 31.4 Å². The summed E-state index contributed by atoms with van der Waals surface area (Å²) in [4.78, 5) is 1.75. The Labute approximate surface area is 115 Å². The Morgan fingerprint density at radius 1 is 1.25 bits per heavy atom. The molecule has 1 rings (SSSR count). The summed E-state index contributed by atoms with van der Waals surface area (Å²) in [5.41, 5.74) is -0.459. The minimum atomic E-state index is -4.47. The third-order valence-corrected chi connectivity index (χ3v) is 2.84. The molecule has 0 amide bonds. The SMILES string of the molecule is CC(C)N(CCC#N)c1ccc(C(F)(F)F)cc1C#N. The smallest absolute Gasteiger partial charge is 0.367 e. The molecule has 0 saturated heterocycles. The highest BCUT2D eigenvalue weighted by atomic mass is 19.4. The largest absolute Gasteiger partial charge is 0.416 e. The van der Waals surface area contributed by atoms with Gasteiger partial charge in [0.1, 0.15) is 6.07 Å². The van der Waals surface area contributed by atoms with Crippen LogP contribution in [0.5, 0.6) is 0 Å². The number of alkyl halides is 3. The molecule has 1 aromatic carbocycles. The molecular weight excluding hydrogens is 267 g/mol. The van der Waals surface area contributed by atoms with Gasteiger partial charge in [-0.25, -0.2) is 0 Å². The fraction of sp³-hybridized carbons (Fsp3) is 0.429. The number of hydrogen-bond donors (Lipinski definition) is 0. The first kappa shape index (κ1) is 15.8. The second-order valence-electron chi connectivity index (χ2n) is 4.54. The zero-order chi connectivity index (χ0) is 15.3. The lowest BCUT2D eigenvalue weighted by Gasteiger charge is -2.29. The fourth-order valence-electron chi connectivity index (χ4n) is 1.88. The Hall–Kier alpha value is -2.21. The van der Waals surface area contributed by atoms with E-state index in [4.69, 9.17) is 10.5 Å². The number of benzene rings is 1. The maximum Gasteiger partial charge on any atom is 0.416 e. The molecule has 3 nitrogen and oxygen atoms in total. The second-order valence-corrected chi connectivity index (χ2v) is 4.54. The summed E-state index contributed by atoms with van der Waals surface area (Å²) in [6.07, 6.45) is -4.23. The van der Waals surface area contributed by atoms with E-state index in [-0.39, 0.29) is 18.0 Å². The molecule has 1 aromatic rings. The topological polar surface area (TPSA) is 50.8 Å². The van der Waals surface area contributed by atoms with E-state index in [1.807, 2.05) is 19.9 Å². The Kier molecular flexibility index (Phi) is 4.99. The van der Waals surface area contributed by atoms with Gasteiger partial charge in [-0.2, -0.15) is 23.7 Å². The molecule has 6 heteroatoms. The number of rotatable bonds is 4. The van der Waals surface area contributed by atoms with Crippen LogP contribution in [0.15, 0.2) is 18.2 Å². The standard InChI is InChI=1S/C14H14F3N3/c1-10(2)20(7-3-6-18)13-5-4-12(14(15,16)17)8-11(13)9-19/h4-5,8,10H,3,7H2,1-2H3. The molecule has 0 saturated carbocycles. The zero-order valence-electron chi connectivity index (χ0n) is 11.2. The molecule has 0 spiro atoms. The van der Waals surface area contributed by atoms with Crippen LogP contribution in [-0.2, 0) is 6.18 Å². The molecule has 0 fully saturated rings. The summed E-state index contributed by atoms with van der Waals surface area (Å²) in [6.45, 7) is 4.08. The summed E-state index contributed by atoms with van der Waals surface area (Å²) < 4.78 is 37.9. The van der Waals surface area contributed by atoms with Gasteiger partial charge in [0.05, 0.1) is 29.3 Å². The van der Waals surface area contributed by atoms with Gasteiger partial charge in [0, 0.05) is 12.6 Å². The monoisotopic (exact) mass is 281 g/mol. The van der Waals surface area contributed by atoms with Crippen molar-refractivity contribution >= 4 is 5.69 Å².